The Hall–Kier alpha value is -2.60. The summed E-state index contributed by atoms with van der Waals surface area (Å²) in [5.74, 6) is 0.372. The quantitative estimate of drug-likeness (QED) is 0.661. The molecule has 2 N–H and O–H groups in total. The molecule has 124 valence electrons. The van der Waals surface area contributed by atoms with E-state index in [1.165, 1.54) is 11.8 Å². The van der Waals surface area contributed by atoms with Crippen LogP contribution in [0.5, 0.6) is 11.5 Å². The fourth-order valence-electron chi connectivity index (χ4n) is 2.59. The van der Waals surface area contributed by atoms with E-state index in [9.17, 15) is 4.79 Å². The lowest BCUT2D eigenvalue weighted by atomic mass is 10.1. The number of aliphatic carboxylic acids is 1. The minimum atomic E-state index is -0.853. The molecular formula is C18H17NO4S. The number of carboxylic acid groups (broad SMARTS) is 1. The summed E-state index contributed by atoms with van der Waals surface area (Å²) in [6.07, 6.45) is 0. The molecule has 0 saturated carbocycles. The third-order valence-corrected chi connectivity index (χ3v) is 4.76. The molecule has 0 fully saturated rings. The summed E-state index contributed by atoms with van der Waals surface area (Å²) < 4.78 is 10.7. The Balaban J connectivity index is 2.21. The number of benzene rings is 2. The molecule has 1 heterocycles. The SMILES string of the molecule is COc1cc2[nH]c(-c3ccccc3)c(SCC(=O)O)c2cc1OC. The summed E-state index contributed by atoms with van der Waals surface area (Å²) in [5.41, 5.74) is 2.77. The van der Waals surface area contributed by atoms with Crippen molar-refractivity contribution in [1.82, 2.24) is 4.98 Å². The van der Waals surface area contributed by atoms with E-state index in [1.807, 2.05) is 42.5 Å². The van der Waals surface area contributed by atoms with Crippen LogP contribution < -0.4 is 9.47 Å². The third-order valence-electron chi connectivity index (χ3n) is 3.66. The number of rotatable bonds is 6. The van der Waals surface area contributed by atoms with E-state index in [0.29, 0.717) is 11.5 Å². The Morgan fingerprint density at radius 3 is 2.42 bits per heavy atom. The minimum absolute atomic E-state index is 0.0128. The molecule has 0 bridgehead atoms. The van der Waals surface area contributed by atoms with Gasteiger partial charge in [-0.25, -0.2) is 0 Å². The molecule has 0 aliphatic carbocycles. The molecular weight excluding hydrogens is 326 g/mol. The summed E-state index contributed by atoms with van der Waals surface area (Å²) in [5, 5.41) is 9.97. The van der Waals surface area contributed by atoms with Crippen LogP contribution in [0, 0.1) is 0 Å². The average molecular weight is 343 g/mol. The van der Waals surface area contributed by atoms with E-state index in [4.69, 9.17) is 14.6 Å². The lowest BCUT2D eigenvalue weighted by Crippen LogP contribution is -1.97. The monoisotopic (exact) mass is 343 g/mol. The standard InChI is InChI=1S/C18H17NO4S/c1-22-14-8-12-13(9-15(14)23-2)19-17(11-6-4-3-5-7-11)18(12)24-10-16(20)21/h3-9,19H,10H2,1-2H3,(H,20,21). The zero-order valence-electron chi connectivity index (χ0n) is 13.3. The van der Waals surface area contributed by atoms with Crippen LogP contribution in [0.15, 0.2) is 47.4 Å². The van der Waals surface area contributed by atoms with Gasteiger partial charge in [-0.15, -0.1) is 11.8 Å². The number of nitrogens with one attached hydrogen (secondary N) is 1. The van der Waals surface area contributed by atoms with Gasteiger partial charge < -0.3 is 19.6 Å². The number of thioether (sulfide) groups is 1. The Bertz CT molecular complexity index is 874. The molecule has 1 aromatic heterocycles. The molecule has 0 radical (unpaired) electrons. The van der Waals surface area contributed by atoms with Gasteiger partial charge in [-0.1, -0.05) is 30.3 Å². The molecule has 0 aliphatic heterocycles. The predicted molar refractivity (Wildman–Crippen MR) is 95.2 cm³/mol. The molecule has 3 aromatic rings. The smallest absolute Gasteiger partial charge is 0.313 e. The molecule has 3 rings (SSSR count). The zero-order chi connectivity index (χ0) is 17.1. The largest absolute Gasteiger partial charge is 0.493 e. The predicted octanol–water partition coefficient (Wildman–Crippen LogP) is 4.03. The first-order valence-corrected chi connectivity index (χ1v) is 8.30. The highest BCUT2D eigenvalue weighted by molar-refractivity contribution is 8.00. The first-order chi connectivity index (χ1) is 11.6. The molecule has 0 saturated heterocycles. The number of hydrogen-bond acceptors (Lipinski definition) is 4. The van der Waals surface area contributed by atoms with Crippen LogP contribution in [0.3, 0.4) is 0 Å². The number of carboxylic acids is 1. The van der Waals surface area contributed by atoms with E-state index in [-0.39, 0.29) is 5.75 Å². The number of ether oxygens (including phenoxy) is 2. The number of fused-ring (bicyclic) bond motifs is 1. The number of aromatic nitrogens is 1. The zero-order valence-corrected chi connectivity index (χ0v) is 14.1. The average Bonchev–Trinajstić information content (AvgIpc) is 2.96. The van der Waals surface area contributed by atoms with Crippen molar-refractivity contribution in [3.05, 3.63) is 42.5 Å². The van der Waals surface area contributed by atoms with Crippen LogP contribution >= 0.6 is 11.8 Å². The Labute approximate surface area is 143 Å². The highest BCUT2D eigenvalue weighted by Crippen LogP contribution is 2.42. The summed E-state index contributed by atoms with van der Waals surface area (Å²) >= 11 is 1.29. The number of hydrogen-bond donors (Lipinski definition) is 2. The summed E-state index contributed by atoms with van der Waals surface area (Å²) in [7, 11) is 3.17. The van der Waals surface area contributed by atoms with Gasteiger partial charge in [0.05, 0.1) is 31.2 Å². The van der Waals surface area contributed by atoms with Crippen LogP contribution in [-0.2, 0) is 4.79 Å². The van der Waals surface area contributed by atoms with Gasteiger partial charge in [0.2, 0.25) is 0 Å². The molecule has 0 unspecified atom stereocenters. The second kappa shape index (κ2) is 6.88. The summed E-state index contributed by atoms with van der Waals surface area (Å²) in [6, 6.07) is 13.6. The van der Waals surface area contributed by atoms with Gasteiger partial charge in [0.25, 0.3) is 0 Å². The van der Waals surface area contributed by atoms with Gasteiger partial charge in [-0.3, -0.25) is 4.79 Å². The lowest BCUT2D eigenvalue weighted by Gasteiger charge is -2.08. The number of carbonyl (C=O) groups is 1. The van der Waals surface area contributed by atoms with Crippen molar-refractivity contribution in [2.45, 2.75) is 4.90 Å². The van der Waals surface area contributed by atoms with Crippen LogP contribution in [0.2, 0.25) is 0 Å². The van der Waals surface area contributed by atoms with Gasteiger partial charge in [0.15, 0.2) is 11.5 Å². The second-order valence-electron chi connectivity index (χ2n) is 5.13. The molecule has 0 atom stereocenters. The molecule has 0 aliphatic rings. The second-order valence-corrected chi connectivity index (χ2v) is 6.12. The fraction of sp³-hybridized carbons (Fsp3) is 0.167. The van der Waals surface area contributed by atoms with Crippen LogP contribution in [0.4, 0.5) is 0 Å². The van der Waals surface area contributed by atoms with E-state index in [0.717, 1.165) is 27.1 Å². The maximum Gasteiger partial charge on any atom is 0.313 e. The Morgan fingerprint density at radius 2 is 1.79 bits per heavy atom. The van der Waals surface area contributed by atoms with Crippen molar-refractivity contribution < 1.29 is 19.4 Å². The molecule has 0 spiro atoms. The highest BCUT2D eigenvalue weighted by atomic mass is 32.2. The fourth-order valence-corrected chi connectivity index (χ4v) is 3.49. The van der Waals surface area contributed by atoms with Crippen molar-refractivity contribution in [1.29, 1.82) is 0 Å². The van der Waals surface area contributed by atoms with Crippen LogP contribution in [0.25, 0.3) is 22.2 Å². The van der Waals surface area contributed by atoms with Crippen LogP contribution in [0.1, 0.15) is 0 Å². The van der Waals surface area contributed by atoms with Gasteiger partial charge in [0, 0.05) is 16.3 Å². The van der Waals surface area contributed by atoms with Crippen LogP contribution in [-0.4, -0.2) is 36.0 Å². The van der Waals surface area contributed by atoms with Crippen molar-refractivity contribution in [3.8, 4) is 22.8 Å². The highest BCUT2D eigenvalue weighted by Gasteiger charge is 2.18. The molecule has 24 heavy (non-hydrogen) atoms. The van der Waals surface area contributed by atoms with Crippen molar-refractivity contribution in [2.75, 3.05) is 20.0 Å². The normalized spacial score (nSPS) is 10.8. The number of H-pyrrole nitrogens is 1. The van der Waals surface area contributed by atoms with Gasteiger partial charge >= 0.3 is 5.97 Å². The number of aromatic amines is 1. The lowest BCUT2D eigenvalue weighted by molar-refractivity contribution is -0.133. The summed E-state index contributed by atoms with van der Waals surface area (Å²) in [4.78, 5) is 15.3. The first-order valence-electron chi connectivity index (χ1n) is 7.31. The van der Waals surface area contributed by atoms with E-state index < -0.39 is 5.97 Å². The molecule has 2 aromatic carbocycles. The maximum atomic E-state index is 11.0. The topological polar surface area (TPSA) is 71.6 Å². The Kier molecular flexibility index (Phi) is 4.66. The summed E-state index contributed by atoms with van der Waals surface area (Å²) in [6.45, 7) is 0. The van der Waals surface area contributed by atoms with E-state index in [2.05, 4.69) is 4.98 Å². The minimum Gasteiger partial charge on any atom is -0.493 e. The first kappa shape index (κ1) is 16.3. The maximum absolute atomic E-state index is 11.0. The molecule has 5 nitrogen and oxygen atoms in total. The van der Waals surface area contributed by atoms with E-state index >= 15 is 0 Å². The third kappa shape index (κ3) is 3.05. The van der Waals surface area contributed by atoms with Gasteiger partial charge in [-0.2, -0.15) is 0 Å². The van der Waals surface area contributed by atoms with Crippen molar-refractivity contribution in [3.63, 3.8) is 0 Å². The van der Waals surface area contributed by atoms with Crippen molar-refractivity contribution in [2.24, 2.45) is 0 Å². The van der Waals surface area contributed by atoms with Gasteiger partial charge in [-0.05, 0) is 11.6 Å². The van der Waals surface area contributed by atoms with Crippen molar-refractivity contribution >= 4 is 28.6 Å². The number of methoxy groups -OCH3 is 2. The molecule has 6 heteroatoms. The van der Waals surface area contributed by atoms with Gasteiger partial charge in [0.1, 0.15) is 0 Å². The Morgan fingerprint density at radius 1 is 1.12 bits per heavy atom. The van der Waals surface area contributed by atoms with E-state index in [1.54, 1.807) is 14.2 Å². The molecule has 0 amide bonds.